The summed E-state index contributed by atoms with van der Waals surface area (Å²) in [7, 11) is -1.86. The number of sulfonamides is 1. The largest absolute Gasteiger partial charge is 0.319 e. The van der Waals surface area contributed by atoms with E-state index in [1.807, 2.05) is 7.05 Å². The molecule has 1 heterocycles. The number of nitro groups is 1. The zero-order chi connectivity index (χ0) is 16.5. The van der Waals surface area contributed by atoms with Crippen LogP contribution in [-0.4, -0.2) is 44.3 Å². The van der Waals surface area contributed by atoms with Crippen molar-refractivity contribution < 1.29 is 13.3 Å². The Labute approximate surface area is 142 Å². The van der Waals surface area contributed by atoms with Gasteiger partial charge in [0.25, 0.3) is 5.69 Å². The van der Waals surface area contributed by atoms with Crippen molar-refractivity contribution in [3.63, 3.8) is 0 Å². The maximum absolute atomic E-state index is 12.8. The molecule has 0 bridgehead atoms. The van der Waals surface area contributed by atoms with E-state index in [1.54, 1.807) is 13.8 Å². The maximum atomic E-state index is 12.8. The summed E-state index contributed by atoms with van der Waals surface area (Å²) in [4.78, 5) is 10.5. The number of nitrogens with zero attached hydrogens (tertiary/aromatic N) is 2. The van der Waals surface area contributed by atoms with Gasteiger partial charge in [-0.2, -0.15) is 4.31 Å². The highest BCUT2D eigenvalue weighted by molar-refractivity contribution is 7.89. The summed E-state index contributed by atoms with van der Waals surface area (Å²) in [5.41, 5.74) is 0.995. The van der Waals surface area contributed by atoms with Crippen LogP contribution in [0.3, 0.4) is 0 Å². The molecule has 23 heavy (non-hydrogen) atoms. The Morgan fingerprint density at radius 2 is 2.04 bits per heavy atom. The fourth-order valence-electron chi connectivity index (χ4n) is 2.79. The highest BCUT2D eigenvalue weighted by atomic mass is 35.5. The van der Waals surface area contributed by atoms with Gasteiger partial charge >= 0.3 is 0 Å². The minimum atomic E-state index is -3.70. The van der Waals surface area contributed by atoms with Gasteiger partial charge < -0.3 is 5.32 Å². The molecular weight excluding hydrogens is 342 g/mol. The van der Waals surface area contributed by atoms with Crippen molar-refractivity contribution in [1.82, 2.24) is 9.62 Å². The lowest BCUT2D eigenvalue weighted by Gasteiger charge is -2.19. The van der Waals surface area contributed by atoms with Gasteiger partial charge in [-0.05, 0) is 50.9 Å². The number of hydrogen-bond donors (Lipinski definition) is 1. The predicted molar refractivity (Wildman–Crippen MR) is 90.6 cm³/mol. The molecule has 0 spiro atoms. The first kappa shape index (κ1) is 19.8. The van der Waals surface area contributed by atoms with E-state index in [0.29, 0.717) is 24.2 Å². The molecule has 1 atom stereocenters. The molecule has 1 N–H and O–H groups in total. The fourth-order valence-corrected chi connectivity index (χ4v) is 4.64. The van der Waals surface area contributed by atoms with Crippen LogP contribution in [0.15, 0.2) is 17.0 Å². The van der Waals surface area contributed by atoms with Crippen LogP contribution in [0.2, 0.25) is 0 Å². The smallest absolute Gasteiger partial charge is 0.271 e. The molecule has 1 unspecified atom stereocenters. The van der Waals surface area contributed by atoms with Gasteiger partial charge in [0.15, 0.2) is 0 Å². The summed E-state index contributed by atoms with van der Waals surface area (Å²) >= 11 is 0. The first-order chi connectivity index (χ1) is 10.3. The number of hydrogen-bond acceptors (Lipinski definition) is 5. The molecule has 1 saturated heterocycles. The van der Waals surface area contributed by atoms with Crippen LogP contribution in [0, 0.1) is 29.9 Å². The molecule has 7 nitrogen and oxygen atoms in total. The second-order valence-electron chi connectivity index (χ2n) is 5.72. The van der Waals surface area contributed by atoms with Gasteiger partial charge in [0.2, 0.25) is 10.0 Å². The van der Waals surface area contributed by atoms with Crippen molar-refractivity contribution in [2.45, 2.75) is 25.2 Å². The van der Waals surface area contributed by atoms with Gasteiger partial charge in [0.05, 0.1) is 9.82 Å². The summed E-state index contributed by atoms with van der Waals surface area (Å²) in [6, 6.07) is 2.57. The Kier molecular flexibility index (Phi) is 6.52. The molecule has 130 valence electrons. The summed E-state index contributed by atoms with van der Waals surface area (Å²) in [5.74, 6) is 0.278. The van der Waals surface area contributed by atoms with E-state index in [0.717, 1.165) is 13.0 Å². The number of non-ortho nitro benzene ring substituents is 1. The average Bonchev–Trinajstić information content (AvgIpc) is 2.91. The molecule has 1 aromatic rings. The Bertz CT molecular complexity index is 694. The lowest BCUT2D eigenvalue weighted by molar-refractivity contribution is -0.385. The Hall–Kier alpha value is -1.22. The van der Waals surface area contributed by atoms with Gasteiger partial charge in [-0.15, -0.1) is 12.4 Å². The van der Waals surface area contributed by atoms with E-state index >= 15 is 0 Å². The third-order valence-corrected chi connectivity index (χ3v) is 6.17. The Morgan fingerprint density at radius 3 is 2.61 bits per heavy atom. The topological polar surface area (TPSA) is 92.6 Å². The van der Waals surface area contributed by atoms with Gasteiger partial charge in [-0.25, -0.2) is 8.42 Å². The summed E-state index contributed by atoms with van der Waals surface area (Å²) in [5, 5.41) is 14.0. The number of nitrogens with one attached hydrogen (secondary N) is 1. The summed E-state index contributed by atoms with van der Waals surface area (Å²) in [6.07, 6.45) is 0.799. The highest BCUT2D eigenvalue weighted by Gasteiger charge is 2.34. The monoisotopic (exact) mass is 363 g/mol. The van der Waals surface area contributed by atoms with E-state index in [-0.39, 0.29) is 28.9 Å². The number of aryl methyl sites for hydroxylation is 1. The average molecular weight is 364 g/mol. The predicted octanol–water partition coefficient (Wildman–Crippen LogP) is 1.86. The van der Waals surface area contributed by atoms with E-state index in [9.17, 15) is 18.5 Å². The SMILES string of the molecule is CNCC1CCN(S(=O)(=O)c2cc([N+](=O)[O-])cc(C)c2C)C1.Cl. The molecule has 1 aromatic carbocycles. The van der Waals surface area contributed by atoms with E-state index in [1.165, 1.54) is 16.4 Å². The van der Waals surface area contributed by atoms with E-state index in [2.05, 4.69) is 5.32 Å². The van der Waals surface area contributed by atoms with Gasteiger partial charge in [0.1, 0.15) is 0 Å². The minimum Gasteiger partial charge on any atom is -0.319 e. The molecule has 2 rings (SSSR count). The third-order valence-electron chi connectivity index (χ3n) is 4.17. The first-order valence-corrected chi connectivity index (χ1v) is 8.61. The van der Waals surface area contributed by atoms with Crippen LogP contribution in [0.5, 0.6) is 0 Å². The maximum Gasteiger partial charge on any atom is 0.271 e. The zero-order valence-corrected chi connectivity index (χ0v) is 15.0. The third kappa shape index (κ3) is 4.00. The highest BCUT2D eigenvalue weighted by Crippen LogP contribution is 2.30. The fraction of sp³-hybridized carbons (Fsp3) is 0.571. The standard InChI is InChI=1S/C14H21N3O4S.ClH/c1-10-6-13(17(18)19)7-14(11(10)2)22(20,21)16-5-4-12(9-16)8-15-3;/h6-7,12,15H,4-5,8-9H2,1-3H3;1H. The van der Waals surface area contributed by atoms with Crippen LogP contribution in [0.25, 0.3) is 0 Å². The van der Waals surface area contributed by atoms with Crippen LogP contribution in [-0.2, 0) is 10.0 Å². The second-order valence-corrected chi connectivity index (χ2v) is 7.62. The molecular formula is C14H22ClN3O4S. The van der Waals surface area contributed by atoms with Crippen molar-refractivity contribution in [3.05, 3.63) is 33.4 Å². The number of rotatable bonds is 5. The molecule has 1 aliphatic rings. The minimum absolute atomic E-state index is 0. The first-order valence-electron chi connectivity index (χ1n) is 7.17. The number of halogens is 1. The van der Waals surface area contributed by atoms with Crippen LogP contribution in [0.4, 0.5) is 5.69 Å². The lowest BCUT2D eigenvalue weighted by Crippen LogP contribution is -2.31. The number of nitro benzene ring substituents is 1. The second kappa shape index (κ2) is 7.57. The van der Waals surface area contributed by atoms with Crippen molar-refractivity contribution in [2.24, 2.45) is 5.92 Å². The quantitative estimate of drug-likeness (QED) is 0.636. The van der Waals surface area contributed by atoms with E-state index < -0.39 is 14.9 Å². The molecule has 0 aromatic heterocycles. The molecule has 9 heteroatoms. The van der Waals surface area contributed by atoms with E-state index in [4.69, 9.17) is 0 Å². The van der Waals surface area contributed by atoms with Crippen molar-refractivity contribution in [1.29, 1.82) is 0 Å². The number of benzene rings is 1. The molecule has 1 aliphatic heterocycles. The van der Waals surface area contributed by atoms with Gasteiger partial charge in [-0.3, -0.25) is 10.1 Å². The van der Waals surface area contributed by atoms with Gasteiger partial charge in [0, 0.05) is 25.2 Å². The van der Waals surface area contributed by atoms with Crippen LogP contribution < -0.4 is 5.32 Å². The lowest BCUT2D eigenvalue weighted by atomic mass is 10.1. The van der Waals surface area contributed by atoms with Crippen molar-refractivity contribution in [2.75, 3.05) is 26.7 Å². The molecule has 0 amide bonds. The summed E-state index contributed by atoms with van der Waals surface area (Å²) in [6.45, 7) is 5.04. The molecule has 0 saturated carbocycles. The van der Waals surface area contributed by atoms with Crippen LogP contribution in [0.1, 0.15) is 17.5 Å². The molecule has 0 radical (unpaired) electrons. The Morgan fingerprint density at radius 1 is 1.39 bits per heavy atom. The van der Waals surface area contributed by atoms with Crippen LogP contribution >= 0.6 is 12.4 Å². The molecule has 0 aliphatic carbocycles. The summed E-state index contributed by atoms with van der Waals surface area (Å²) < 4.78 is 27.1. The molecule has 1 fully saturated rings. The Balaban J connectivity index is 0.00000264. The van der Waals surface area contributed by atoms with Crippen molar-refractivity contribution >= 4 is 28.1 Å². The van der Waals surface area contributed by atoms with Crippen molar-refractivity contribution in [3.8, 4) is 0 Å². The van der Waals surface area contributed by atoms with Gasteiger partial charge in [-0.1, -0.05) is 0 Å². The zero-order valence-electron chi connectivity index (χ0n) is 13.4. The normalized spacial score (nSPS) is 18.7.